The van der Waals surface area contributed by atoms with Gasteiger partial charge in [0.1, 0.15) is 12.4 Å². The standard InChI is InChI=1S/C19H20FN3O2/c1-2-14-7-3-5-9-16(14)21-18(24)13-22-11-12-23(19(22)25)17-10-6-4-8-15(17)20/h3-10H,2,11-13H2,1H3,(H,21,24). The summed E-state index contributed by atoms with van der Waals surface area (Å²) in [5, 5.41) is 2.85. The third-order valence-corrected chi connectivity index (χ3v) is 4.25. The van der Waals surface area contributed by atoms with Gasteiger partial charge in [-0.2, -0.15) is 0 Å². The molecule has 6 heteroatoms. The van der Waals surface area contributed by atoms with Crippen molar-refractivity contribution < 1.29 is 14.0 Å². The number of rotatable bonds is 5. The first kappa shape index (κ1) is 17.0. The number of aryl methyl sites for hydroxylation is 1. The number of carbonyl (C=O) groups is 2. The molecule has 2 aromatic carbocycles. The zero-order valence-corrected chi connectivity index (χ0v) is 14.0. The molecule has 3 amide bonds. The van der Waals surface area contributed by atoms with Crippen LogP contribution in [0.3, 0.4) is 0 Å². The Morgan fingerprint density at radius 3 is 2.60 bits per heavy atom. The molecule has 1 aliphatic rings. The van der Waals surface area contributed by atoms with Crippen molar-refractivity contribution in [2.24, 2.45) is 0 Å². The Morgan fingerprint density at radius 1 is 1.12 bits per heavy atom. The Bertz CT molecular complexity index is 794. The zero-order chi connectivity index (χ0) is 17.8. The van der Waals surface area contributed by atoms with E-state index >= 15 is 0 Å². The van der Waals surface area contributed by atoms with Crippen LogP contribution in [0.5, 0.6) is 0 Å². The summed E-state index contributed by atoms with van der Waals surface area (Å²) in [7, 11) is 0. The number of para-hydroxylation sites is 2. The van der Waals surface area contributed by atoms with Crippen LogP contribution in [0.25, 0.3) is 0 Å². The zero-order valence-electron chi connectivity index (χ0n) is 14.0. The fourth-order valence-corrected chi connectivity index (χ4v) is 2.94. The molecule has 3 rings (SSSR count). The predicted molar refractivity (Wildman–Crippen MR) is 95.2 cm³/mol. The van der Waals surface area contributed by atoms with E-state index < -0.39 is 5.82 Å². The van der Waals surface area contributed by atoms with Gasteiger partial charge in [-0.05, 0) is 30.2 Å². The molecule has 0 aromatic heterocycles. The van der Waals surface area contributed by atoms with E-state index in [1.54, 1.807) is 18.2 Å². The van der Waals surface area contributed by atoms with Crippen LogP contribution in [0.2, 0.25) is 0 Å². The van der Waals surface area contributed by atoms with Gasteiger partial charge in [-0.15, -0.1) is 0 Å². The van der Waals surface area contributed by atoms with Gasteiger partial charge in [0.05, 0.1) is 5.69 Å². The van der Waals surface area contributed by atoms with Gasteiger partial charge in [0.25, 0.3) is 0 Å². The SMILES string of the molecule is CCc1ccccc1NC(=O)CN1CCN(c2ccccc2F)C1=O. The third kappa shape index (κ3) is 3.63. The van der Waals surface area contributed by atoms with Crippen LogP contribution in [0.1, 0.15) is 12.5 Å². The van der Waals surface area contributed by atoms with Gasteiger partial charge in [0.15, 0.2) is 0 Å². The van der Waals surface area contributed by atoms with E-state index in [9.17, 15) is 14.0 Å². The maximum absolute atomic E-state index is 13.9. The second-order valence-corrected chi connectivity index (χ2v) is 5.87. The number of urea groups is 1. The van der Waals surface area contributed by atoms with Crippen LogP contribution in [-0.4, -0.2) is 36.5 Å². The molecule has 0 unspecified atom stereocenters. The number of nitrogens with zero attached hydrogens (tertiary/aromatic N) is 2. The van der Waals surface area contributed by atoms with Crippen LogP contribution in [-0.2, 0) is 11.2 Å². The molecule has 2 aromatic rings. The van der Waals surface area contributed by atoms with E-state index in [-0.39, 0.29) is 24.2 Å². The minimum Gasteiger partial charge on any atom is -0.324 e. The molecule has 0 aliphatic carbocycles. The molecule has 1 fully saturated rings. The fourth-order valence-electron chi connectivity index (χ4n) is 2.94. The topological polar surface area (TPSA) is 52.7 Å². The number of amides is 3. The van der Waals surface area contributed by atoms with Crippen LogP contribution < -0.4 is 10.2 Å². The van der Waals surface area contributed by atoms with Crippen molar-refractivity contribution in [3.63, 3.8) is 0 Å². The molecule has 130 valence electrons. The summed E-state index contributed by atoms with van der Waals surface area (Å²) in [6.07, 6.45) is 0.806. The smallest absolute Gasteiger partial charge is 0.324 e. The lowest BCUT2D eigenvalue weighted by molar-refractivity contribution is -0.116. The highest BCUT2D eigenvalue weighted by Crippen LogP contribution is 2.23. The summed E-state index contributed by atoms with van der Waals surface area (Å²) in [6.45, 7) is 2.71. The average molecular weight is 341 g/mol. The first-order chi connectivity index (χ1) is 12.1. The molecule has 0 atom stereocenters. The summed E-state index contributed by atoms with van der Waals surface area (Å²) in [4.78, 5) is 27.6. The minimum atomic E-state index is -0.445. The van der Waals surface area contributed by atoms with Crippen molar-refractivity contribution in [3.8, 4) is 0 Å². The minimum absolute atomic E-state index is 0.0537. The van der Waals surface area contributed by atoms with Crippen molar-refractivity contribution in [2.45, 2.75) is 13.3 Å². The third-order valence-electron chi connectivity index (χ3n) is 4.25. The number of halogens is 1. The first-order valence-electron chi connectivity index (χ1n) is 8.29. The molecule has 25 heavy (non-hydrogen) atoms. The van der Waals surface area contributed by atoms with Crippen molar-refractivity contribution in [1.82, 2.24) is 4.90 Å². The molecule has 0 bridgehead atoms. The van der Waals surface area contributed by atoms with Gasteiger partial charge in [-0.25, -0.2) is 9.18 Å². The van der Waals surface area contributed by atoms with E-state index in [0.717, 1.165) is 17.7 Å². The van der Waals surface area contributed by atoms with Crippen molar-refractivity contribution in [2.75, 3.05) is 29.9 Å². The quantitative estimate of drug-likeness (QED) is 0.907. The Kier molecular flexibility index (Phi) is 4.97. The fraction of sp³-hybridized carbons (Fsp3) is 0.263. The second kappa shape index (κ2) is 7.34. The number of hydrogen-bond acceptors (Lipinski definition) is 2. The van der Waals surface area contributed by atoms with Crippen molar-refractivity contribution in [3.05, 3.63) is 59.9 Å². The van der Waals surface area contributed by atoms with E-state index in [2.05, 4.69) is 5.32 Å². The molecule has 1 saturated heterocycles. The second-order valence-electron chi connectivity index (χ2n) is 5.87. The summed E-state index contributed by atoms with van der Waals surface area (Å²) in [5.41, 5.74) is 2.04. The lowest BCUT2D eigenvalue weighted by Crippen LogP contribution is -2.37. The summed E-state index contributed by atoms with van der Waals surface area (Å²) in [6, 6.07) is 13.4. The van der Waals surface area contributed by atoms with Gasteiger partial charge in [0, 0.05) is 18.8 Å². The van der Waals surface area contributed by atoms with Gasteiger partial charge < -0.3 is 10.2 Å². The molecular formula is C19H20FN3O2. The maximum atomic E-state index is 13.9. The number of benzene rings is 2. The van der Waals surface area contributed by atoms with Crippen LogP contribution in [0, 0.1) is 5.82 Å². The van der Waals surface area contributed by atoms with E-state index in [1.165, 1.54) is 15.9 Å². The van der Waals surface area contributed by atoms with E-state index in [1.807, 2.05) is 31.2 Å². The Balaban J connectivity index is 1.65. The number of anilines is 2. The molecule has 1 heterocycles. The lowest BCUT2D eigenvalue weighted by atomic mass is 10.1. The highest BCUT2D eigenvalue weighted by atomic mass is 19.1. The van der Waals surface area contributed by atoms with Gasteiger partial charge >= 0.3 is 6.03 Å². The van der Waals surface area contributed by atoms with Gasteiger partial charge in [-0.3, -0.25) is 9.69 Å². The molecule has 0 spiro atoms. The maximum Gasteiger partial charge on any atom is 0.325 e. The van der Waals surface area contributed by atoms with Crippen LogP contribution >= 0.6 is 0 Å². The molecule has 5 nitrogen and oxygen atoms in total. The molecule has 0 radical (unpaired) electrons. The lowest BCUT2D eigenvalue weighted by Gasteiger charge is -2.19. The average Bonchev–Trinajstić information content (AvgIpc) is 2.96. The van der Waals surface area contributed by atoms with E-state index in [0.29, 0.717) is 13.1 Å². The molecule has 1 aliphatic heterocycles. The summed E-state index contributed by atoms with van der Waals surface area (Å²) < 4.78 is 13.9. The number of hydrogen-bond donors (Lipinski definition) is 1. The van der Waals surface area contributed by atoms with E-state index in [4.69, 9.17) is 0 Å². The highest BCUT2D eigenvalue weighted by Gasteiger charge is 2.32. The van der Waals surface area contributed by atoms with Crippen molar-refractivity contribution in [1.29, 1.82) is 0 Å². The summed E-state index contributed by atoms with van der Waals surface area (Å²) >= 11 is 0. The first-order valence-corrected chi connectivity index (χ1v) is 8.29. The molecule has 0 saturated carbocycles. The number of carbonyl (C=O) groups excluding carboxylic acids is 2. The van der Waals surface area contributed by atoms with Gasteiger partial charge in [0.2, 0.25) is 5.91 Å². The Hall–Kier alpha value is -2.89. The Labute approximate surface area is 146 Å². The van der Waals surface area contributed by atoms with Crippen LogP contribution in [0.15, 0.2) is 48.5 Å². The largest absolute Gasteiger partial charge is 0.325 e. The highest BCUT2D eigenvalue weighted by molar-refractivity contribution is 5.99. The summed E-state index contributed by atoms with van der Waals surface area (Å²) in [5.74, 6) is -0.705. The Morgan fingerprint density at radius 2 is 1.84 bits per heavy atom. The normalized spacial score (nSPS) is 14.1. The van der Waals surface area contributed by atoms with Crippen LogP contribution in [0.4, 0.5) is 20.6 Å². The predicted octanol–water partition coefficient (Wildman–Crippen LogP) is 3.27. The number of nitrogens with one attached hydrogen (secondary N) is 1. The van der Waals surface area contributed by atoms with Crippen molar-refractivity contribution >= 4 is 23.3 Å². The monoisotopic (exact) mass is 341 g/mol. The molecule has 1 N–H and O–H groups in total. The van der Waals surface area contributed by atoms with Gasteiger partial charge in [-0.1, -0.05) is 37.3 Å². The molecular weight excluding hydrogens is 321 g/mol.